The first-order valence-corrected chi connectivity index (χ1v) is 17.8. The normalized spacial score (nSPS) is 23.0. The molecule has 0 unspecified atom stereocenters. The number of hydrogen-bond donors (Lipinski definition) is 1. The summed E-state index contributed by atoms with van der Waals surface area (Å²) in [6, 6.07) is 26.8. The van der Waals surface area contributed by atoms with Crippen LogP contribution in [0.5, 0.6) is 5.75 Å². The maximum Gasteiger partial charge on any atom is 0.247 e. The molecule has 6 nitrogen and oxygen atoms in total. The molecular formula is C34H42N2O4Si. The molecule has 0 bridgehead atoms. The van der Waals surface area contributed by atoms with Crippen molar-refractivity contribution in [3.8, 4) is 5.75 Å². The lowest BCUT2D eigenvalue weighted by Gasteiger charge is -2.36. The van der Waals surface area contributed by atoms with Crippen molar-refractivity contribution in [2.75, 3.05) is 18.7 Å². The number of ether oxygens (including phenoxy) is 2. The zero-order valence-electron chi connectivity index (χ0n) is 24.6. The molecule has 0 aromatic heterocycles. The van der Waals surface area contributed by atoms with Crippen LogP contribution in [0, 0.1) is 5.92 Å². The number of anilines is 1. The molecule has 2 aliphatic heterocycles. The largest absolute Gasteiger partial charge is 0.497 e. The Morgan fingerprint density at radius 3 is 2.44 bits per heavy atom. The molecule has 0 aliphatic carbocycles. The Kier molecular flexibility index (Phi) is 9.07. The quantitative estimate of drug-likeness (QED) is 0.307. The number of hydrogen-bond acceptors (Lipinski definition) is 5. The highest BCUT2D eigenvalue weighted by Gasteiger charge is 2.50. The van der Waals surface area contributed by atoms with Gasteiger partial charge in [-0.1, -0.05) is 79.8 Å². The smallest absolute Gasteiger partial charge is 0.247 e. The van der Waals surface area contributed by atoms with E-state index in [1.165, 1.54) is 10.8 Å². The van der Waals surface area contributed by atoms with E-state index in [0.29, 0.717) is 30.7 Å². The average molecular weight is 571 g/mol. The van der Waals surface area contributed by atoms with Crippen molar-refractivity contribution in [3.63, 3.8) is 0 Å². The number of aryl methyl sites for hydroxylation is 1. The van der Waals surface area contributed by atoms with Gasteiger partial charge in [0.1, 0.15) is 5.75 Å². The number of nitrogens with zero attached hydrogens (tertiary/aromatic N) is 2. The van der Waals surface area contributed by atoms with Crippen LogP contribution in [0.3, 0.4) is 0 Å². The first kappa shape index (κ1) is 29.2. The van der Waals surface area contributed by atoms with Gasteiger partial charge in [0.25, 0.3) is 0 Å². The molecule has 1 saturated heterocycles. The second-order valence-corrected chi connectivity index (χ2v) is 16.6. The van der Waals surface area contributed by atoms with Crippen molar-refractivity contribution >= 4 is 30.6 Å². The van der Waals surface area contributed by atoms with Crippen LogP contribution in [-0.4, -0.2) is 50.7 Å². The van der Waals surface area contributed by atoms with Gasteiger partial charge in [0.15, 0.2) is 0 Å². The van der Waals surface area contributed by atoms with Gasteiger partial charge >= 0.3 is 0 Å². The molecule has 0 saturated carbocycles. The summed E-state index contributed by atoms with van der Waals surface area (Å²) in [7, 11) is -0.224. The van der Waals surface area contributed by atoms with Crippen LogP contribution in [0.2, 0.25) is 18.6 Å². The van der Waals surface area contributed by atoms with Crippen molar-refractivity contribution in [1.82, 2.24) is 0 Å². The third-order valence-electron chi connectivity index (χ3n) is 9.00. The minimum absolute atomic E-state index is 0.0231. The second kappa shape index (κ2) is 12.7. The maximum absolute atomic E-state index is 12.8. The number of benzene rings is 3. The summed E-state index contributed by atoms with van der Waals surface area (Å²) < 4.78 is 12.1. The Morgan fingerprint density at radius 2 is 1.73 bits per heavy atom. The number of amides is 1. The van der Waals surface area contributed by atoms with Gasteiger partial charge in [-0.3, -0.25) is 4.79 Å². The molecule has 1 fully saturated rings. The lowest BCUT2D eigenvalue weighted by Crippen LogP contribution is -2.50. The Balaban J connectivity index is 1.31. The maximum atomic E-state index is 12.8. The van der Waals surface area contributed by atoms with E-state index in [1.54, 1.807) is 12.1 Å². The molecule has 1 amide bonds. The summed E-state index contributed by atoms with van der Waals surface area (Å²) in [4.78, 5) is 12.8. The zero-order valence-corrected chi connectivity index (χ0v) is 25.6. The first-order valence-electron chi connectivity index (χ1n) is 14.8. The van der Waals surface area contributed by atoms with Crippen LogP contribution in [0.25, 0.3) is 0 Å². The van der Waals surface area contributed by atoms with E-state index in [2.05, 4.69) is 56.4 Å². The standard InChI is InChI=1S/C34H42N2O4Si/c1-24-31(40-32(21-22-37)34(24)41(3,4)29-16-14-28(39-2)15-17-29)19-13-25-9-8-12-27(23-25)36-33(38)20-18-30(35-36)26-10-6-5-7-11-26/h5-12,14-17,23-24,31-32,34,37H,13,18-22H2,1-4H3/t24-,31+,32-,34+/m1/s1. The van der Waals surface area contributed by atoms with Gasteiger partial charge in [0, 0.05) is 19.4 Å². The molecule has 0 spiro atoms. The van der Waals surface area contributed by atoms with Gasteiger partial charge in [0.05, 0.1) is 38.8 Å². The Morgan fingerprint density at radius 1 is 0.976 bits per heavy atom. The fourth-order valence-electron chi connectivity index (χ4n) is 6.79. The predicted molar refractivity (Wildman–Crippen MR) is 168 cm³/mol. The lowest BCUT2D eigenvalue weighted by atomic mass is 9.95. The summed E-state index contributed by atoms with van der Waals surface area (Å²) in [6.45, 7) is 7.31. The van der Waals surface area contributed by atoms with E-state index in [0.717, 1.165) is 35.6 Å². The Hall–Kier alpha value is -3.26. The number of aliphatic hydroxyl groups is 1. The fourth-order valence-corrected chi connectivity index (χ4v) is 10.9. The SMILES string of the molecule is COc1ccc([Si](C)(C)[C@H]2[C@H](C)[C@H](CCc3cccc(N4N=C(c5ccccc5)CCC4=O)c3)O[C@@H]2CCO)cc1. The minimum atomic E-state index is -1.92. The van der Waals surface area contributed by atoms with Crippen LogP contribution in [-0.2, 0) is 16.0 Å². The molecule has 7 heteroatoms. The number of rotatable bonds is 10. The van der Waals surface area contributed by atoms with Crippen molar-refractivity contribution < 1.29 is 19.4 Å². The highest BCUT2D eigenvalue weighted by atomic mass is 28.3. The van der Waals surface area contributed by atoms with E-state index in [-0.39, 0.29) is 24.7 Å². The minimum Gasteiger partial charge on any atom is -0.497 e. The molecule has 2 aliphatic rings. The first-order chi connectivity index (χ1) is 19.8. The van der Waals surface area contributed by atoms with E-state index in [4.69, 9.17) is 14.6 Å². The van der Waals surface area contributed by atoms with Crippen molar-refractivity contribution in [2.45, 2.75) is 69.9 Å². The third kappa shape index (κ3) is 6.32. The molecule has 3 aromatic carbocycles. The number of hydrazone groups is 1. The molecule has 216 valence electrons. The molecule has 2 heterocycles. The van der Waals surface area contributed by atoms with Gasteiger partial charge in [-0.15, -0.1) is 0 Å². The summed E-state index contributed by atoms with van der Waals surface area (Å²) in [5, 5.41) is 17.6. The second-order valence-electron chi connectivity index (χ2n) is 11.9. The van der Waals surface area contributed by atoms with E-state index in [9.17, 15) is 9.90 Å². The average Bonchev–Trinajstić information content (AvgIpc) is 3.32. The van der Waals surface area contributed by atoms with Crippen LogP contribution >= 0.6 is 0 Å². The zero-order chi connectivity index (χ0) is 29.0. The highest BCUT2D eigenvalue weighted by Crippen LogP contribution is 2.46. The third-order valence-corrected chi connectivity index (χ3v) is 13.4. The number of carbonyl (C=O) groups excluding carboxylic acids is 1. The summed E-state index contributed by atoms with van der Waals surface area (Å²) in [5.41, 5.74) is 4.37. The molecular weight excluding hydrogens is 528 g/mol. The van der Waals surface area contributed by atoms with Crippen molar-refractivity contribution in [2.24, 2.45) is 11.0 Å². The number of methoxy groups -OCH3 is 1. The summed E-state index contributed by atoms with van der Waals surface area (Å²) >= 11 is 0. The topological polar surface area (TPSA) is 71.4 Å². The molecule has 3 aromatic rings. The van der Waals surface area contributed by atoms with E-state index in [1.807, 2.05) is 42.5 Å². The van der Waals surface area contributed by atoms with Gasteiger partial charge in [-0.25, -0.2) is 5.01 Å². The van der Waals surface area contributed by atoms with Gasteiger partial charge in [-0.05, 0) is 66.1 Å². The van der Waals surface area contributed by atoms with Gasteiger partial charge in [0.2, 0.25) is 5.91 Å². The highest BCUT2D eigenvalue weighted by molar-refractivity contribution is 6.91. The van der Waals surface area contributed by atoms with Crippen LogP contribution in [0.1, 0.15) is 43.7 Å². The van der Waals surface area contributed by atoms with Crippen molar-refractivity contribution in [3.05, 3.63) is 90.0 Å². The molecule has 41 heavy (non-hydrogen) atoms. The molecule has 5 rings (SSSR count). The number of carbonyl (C=O) groups is 1. The molecule has 4 atom stereocenters. The van der Waals surface area contributed by atoms with Gasteiger partial charge < -0.3 is 14.6 Å². The fraction of sp³-hybridized carbons (Fsp3) is 0.412. The van der Waals surface area contributed by atoms with E-state index < -0.39 is 8.07 Å². The van der Waals surface area contributed by atoms with Crippen LogP contribution < -0.4 is 14.9 Å². The summed E-state index contributed by atoms with van der Waals surface area (Å²) in [5.74, 6) is 1.27. The Labute approximate surface area is 245 Å². The predicted octanol–water partition coefficient (Wildman–Crippen LogP) is 5.93. The van der Waals surface area contributed by atoms with Crippen LogP contribution in [0.4, 0.5) is 5.69 Å². The van der Waals surface area contributed by atoms with Crippen molar-refractivity contribution in [1.29, 1.82) is 0 Å². The van der Waals surface area contributed by atoms with E-state index >= 15 is 0 Å². The Bertz CT molecular complexity index is 1360. The molecule has 0 radical (unpaired) electrons. The van der Waals surface area contributed by atoms with Crippen LogP contribution in [0.15, 0.2) is 84.0 Å². The monoisotopic (exact) mass is 570 g/mol. The van der Waals surface area contributed by atoms with Gasteiger partial charge in [-0.2, -0.15) is 5.10 Å². The molecule has 1 N–H and O–H groups in total. The summed E-state index contributed by atoms with van der Waals surface area (Å²) in [6.07, 6.45) is 3.67. The number of aliphatic hydroxyl groups excluding tert-OH is 1. The lowest BCUT2D eigenvalue weighted by molar-refractivity contribution is -0.118.